The number of anilines is 2. The van der Waals surface area contributed by atoms with Gasteiger partial charge in [-0.3, -0.25) is 4.98 Å². The lowest BCUT2D eigenvalue weighted by molar-refractivity contribution is -0.137. The van der Waals surface area contributed by atoms with Crippen LogP contribution >= 0.6 is 0 Å². The van der Waals surface area contributed by atoms with E-state index in [1.807, 2.05) is 6.92 Å². The largest absolute Gasteiger partial charge is 0.416 e. The fourth-order valence-corrected chi connectivity index (χ4v) is 4.62. The zero-order chi connectivity index (χ0) is 24.0. The van der Waals surface area contributed by atoms with Gasteiger partial charge in [-0.2, -0.15) is 18.4 Å². The van der Waals surface area contributed by atoms with Gasteiger partial charge >= 0.3 is 6.18 Å². The van der Waals surface area contributed by atoms with Crippen LogP contribution in [0.3, 0.4) is 0 Å². The molecular formula is C24H22F3N7. The molecule has 34 heavy (non-hydrogen) atoms. The van der Waals surface area contributed by atoms with Gasteiger partial charge in [0.2, 0.25) is 0 Å². The smallest absolute Gasteiger partial charge is 0.384 e. The summed E-state index contributed by atoms with van der Waals surface area (Å²) >= 11 is 0. The normalized spacial score (nSPS) is 16.4. The number of halogens is 3. The molecule has 0 amide bonds. The predicted molar refractivity (Wildman–Crippen MR) is 126 cm³/mol. The lowest BCUT2D eigenvalue weighted by Crippen LogP contribution is -2.26. The molecule has 5 rings (SSSR count). The van der Waals surface area contributed by atoms with Gasteiger partial charge in [0.05, 0.1) is 33.4 Å². The average Bonchev–Trinajstić information content (AvgIpc) is 3.41. The Balaban J connectivity index is 1.88. The van der Waals surface area contributed by atoms with E-state index >= 15 is 0 Å². The zero-order valence-electron chi connectivity index (χ0n) is 18.4. The van der Waals surface area contributed by atoms with E-state index in [4.69, 9.17) is 5.73 Å². The number of benzene rings is 1. The molecule has 1 aliphatic heterocycles. The van der Waals surface area contributed by atoms with Gasteiger partial charge in [-0.15, -0.1) is 0 Å². The number of alkyl halides is 3. The second kappa shape index (κ2) is 8.18. The molecule has 7 nitrogen and oxygen atoms in total. The average molecular weight is 465 g/mol. The summed E-state index contributed by atoms with van der Waals surface area (Å²) in [6.07, 6.45) is 1.02. The van der Waals surface area contributed by atoms with Gasteiger partial charge < -0.3 is 20.9 Å². The fourth-order valence-electron chi connectivity index (χ4n) is 4.62. The van der Waals surface area contributed by atoms with E-state index in [2.05, 4.69) is 31.2 Å². The van der Waals surface area contributed by atoms with E-state index in [0.29, 0.717) is 63.9 Å². The van der Waals surface area contributed by atoms with Gasteiger partial charge in [0.15, 0.2) is 0 Å². The summed E-state index contributed by atoms with van der Waals surface area (Å²) in [5, 5.41) is 13.4. The molecule has 1 unspecified atom stereocenters. The Morgan fingerprint density at radius 1 is 1.26 bits per heavy atom. The lowest BCUT2D eigenvalue weighted by atomic mass is 10.0. The molecule has 0 radical (unpaired) electrons. The number of nitrogens with zero attached hydrogens (tertiary/aromatic N) is 4. The maximum absolute atomic E-state index is 13.8. The van der Waals surface area contributed by atoms with Crippen molar-refractivity contribution in [2.24, 2.45) is 5.73 Å². The molecule has 4 aromatic rings. The van der Waals surface area contributed by atoms with Gasteiger partial charge in [-0.25, -0.2) is 4.98 Å². The van der Waals surface area contributed by atoms with Crippen molar-refractivity contribution in [1.82, 2.24) is 15.0 Å². The Bertz CT molecular complexity index is 1430. The molecule has 0 spiro atoms. The van der Waals surface area contributed by atoms with Gasteiger partial charge in [-0.1, -0.05) is 0 Å². The number of aromatic nitrogens is 3. The van der Waals surface area contributed by atoms with Crippen molar-refractivity contribution in [2.45, 2.75) is 25.6 Å². The van der Waals surface area contributed by atoms with Crippen LogP contribution < -0.4 is 16.0 Å². The predicted octanol–water partition coefficient (Wildman–Crippen LogP) is 4.64. The Morgan fingerprint density at radius 3 is 2.76 bits per heavy atom. The van der Waals surface area contributed by atoms with Crippen LogP contribution in [-0.2, 0) is 6.18 Å². The van der Waals surface area contributed by atoms with Crippen LogP contribution in [0.1, 0.15) is 24.5 Å². The highest BCUT2D eigenvalue weighted by atomic mass is 19.4. The summed E-state index contributed by atoms with van der Waals surface area (Å²) in [6.45, 7) is 3.51. The molecule has 1 atom stereocenters. The van der Waals surface area contributed by atoms with Crippen molar-refractivity contribution >= 4 is 33.3 Å². The molecule has 1 saturated heterocycles. The minimum Gasteiger partial charge on any atom is -0.384 e. The third-order valence-electron chi connectivity index (χ3n) is 6.12. The summed E-state index contributed by atoms with van der Waals surface area (Å²) < 4.78 is 41.4. The third kappa shape index (κ3) is 3.68. The maximum Gasteiger partial charge on any atom is 0.416 e. The zero-order valence-corrected chi connectivity index (χ0v) is 18.4. The first-order chi connectivity index (χ1) is 16.3. The molecular weight excluding hydrogens is 443 g/mol. The van der Waals surface area contributed by atoms with Crippen LogP contribution in [0.15, 0.2) is 36.8 Å². The van der Waals surface area contributed by atoms with Crippen LogP contribution in [-0.4, -0.2) is 40.6 Å². The molecule has 1 aromatic carbocycles. The van der Waals surface area contributed by atoms with E-state index in [1.165, 1.54) is 12.3 Å². The van der Waals surface area contributed by atoms with E-state index in [-0.39, 0.29) is 6.04 Å². The highest BCUT2D eigenvalue weighted by molar-refractivity contribution is 6.18. The van der Waals surface area contributed by atoms with Crippen LogP contribution in [0, 0.1) is 11.3 Å². The summed E-state index contributed by atoms with van der Waals surface area (Å²) in [6, 6.07) is 6.03. The number of nitrogens with two attached hydrogens (primary N) is 1. The van der Waals surface area contributed by atoms with Crippen molar-refractivity contribution < 1.29 is 13.2 Å². The molecule has 3 aromatic heterocycles. The van der Waals surface area contributed by atoms with Crippen molar-refractivity contribution in [1.29, 1.82) is 5.26 Å². The SMILES string of the molecule is CCNc1cc(C(F)(F)F)cc2c1[nH]c1ncc(-c3cncc(C#N)c3)c(N3CCC(N)C3)c12. The number of rotatable bonds is 4. The number of aromatic amines is 1. The van der Waals surface area contributed by atoms with Crippen molar-refractivity contribution in [3.63, 3.8) is 0 Å². The van der Waals surface area contributed by atoms with E-state index in [0.717, 1.165) is 18.2 Å². The van der Waals surface area contributed by atoms with Crippen molar-refractivity contribution in [3.05, 3.63) is 47.9 Å². The number of nitrogens with one attached hydrogen (secondary N) is 2. The van der Waals surface area contributed by atoms with Crippen LogP contribution in [0.2, 0.25) is 0 Å². The highest BCUT2D eigenvalue weighted by Crippen LogP contribution is 2.44. The molecule has 0 saturated carbocycles. The Morgan fingerprint density at radius 2 is 2.09 bits per heavy atom. The second-order valence-corrected chi connectivity index (χ2v) is 8.41. The van der Waals surface area contributed by atoms with Gasteiger partial charge in [0.1, 0.15) is 11.7 Å². The minimum absolute atomic E-state index is 0.0482. The number of nitriles is 1. The first kappa shape index (κ1) is 22.0. The number of hydrogen-bond acceptors (Lipinski definition) is 6. The highest BCUT2D eigenvalue weighted by Gasteiger charge is 2.33. The maximum atomic E-state index is 13.8. The van der Waals surface area contributed by atoms with Gasteiger partial charge in [-0.05, 0) is 31.5 Å². The molecule has 0 bridgehead atoms. The molecule has 1 fully saturated rings. The fraction of sp³-hybridized carbons (Fsp3) is 0.292. The lowest BCUT2D eigenvalue weighted by Gasteiger charge is -2.23. The quantitative estimate of drug-likeness (QED) is 0.406. The first-order valence-electron chi connectivity index (χ1n) is 11.0. The van der Waals surface area contributed by atoms with E-state index < -0.39 is 11.7 Å². The molecule has 174 valence electrons. The standard InChI is InChI=1S/C24H22F3N7/c1-2-31-19-7-15(24(25,26)27)6-17-20-22(34-4-3-16(29)12-34)18(11-32-23(20)33-21(17)19)14-5-13(8-28)9-30-10-14/h5-7,9-11,16,31H,2-4,12,29H2,1H3,(H,32,33). The number of fused-ring (bicyclic) bond motifs is 3. The van der Waals surface area contributed by atoms with Crippen LogP contribution in [0.5, 0.6) is 0 Å². The molecule has 4 heterocycles. The molecule has 10 heteroatoms. The summed E-state index contributed by atoms with van der Waals surface area (Å²) in [7, 11) is 0. The minimum atomic E-state index is -4.51. The third-order valence-corrected chi connectivity index (χ3v) is 6.12. The van der Waals surface area contributed by atoms with Crippen LogP contribution in [0.4, 0.5) is 24.5 Å². The summed E-state index contributed by atoms with van der Waals surface area (Å²) in [5.74, 6) is 0. The molecule has 1 aliphatic rings. The monoisotopic (exact) mass is 465 g/mol. The number of pyridine rings is 2. The van der Waals surface area contributed by atoms with Crippen molar-refractivity contribution in [2.75, 3.05) is 29.9 Å². The second-order valence-electron chi connectivity index (χ2n) is 8.41. The molecule has 0 aliphatic carbocycles. The number of H-pyrrole nitrogens is 1. The Labute approximate surface area is 193 Å². The number of hydrogen-bond donors (Lipinski definition) is 3. The molecule has 4 N–H and O–H groups in total. The topological polar surface area (TPSA) is 107 Å². The van der Waals surface area contributed by atoms with Gasteiger partial charge in [0, 0.05) is 60.8 Å². The van der Waals surface area contributed by atoms with E-state index in [1.54, 1.807) is 18.5 Å². The Kier molecular flexibility index (Phi) is 5.29. The van der Waals surface area contributed by atoms with Gasteiger partial charge in [0.25, 0.3) is 0 Å². The summed E-state index contributed by atoms with van der Waals surface area (Å²) in [5.41, 5.74) is 9.34. The first-order valence-corrected chi connectivity index (χ1v) is 11.0. The Hall–Kier alpha value is -3.84. The summed E-state index contributed by atoms with van der Waals surface area (Å²) in [4.78, 5) is 14.0. The van der Waals surface area contributed by atoms with Crippen molar-refractivity contribution in [3.8, 4) is 17.2 Å². The van der Waals surface area contributed by atoms with E-state index in [9.17, 15) is 18.4 Å². The van der Waals surface area contributed by atoms with Crippen LogP contribution in [0.25, 0.3) is 33.1 Å².